The fraction of sp³-hybridized carbons (Fsp3) is 0.316. The molecular weight excluding hydrogens is 370 g/mol. The zero-order chi connectivity index (χ0) is 17.9. The van der Waals surface area contributed by atoms with Gasteiger partial charge in [0.1, 0.15) is 10.6 Å². The number of thiazole rings is 1. The maximum absolute atomic E-state index is 12.5. The summed E-state index contributed by atoms with van der Waals surface area (Å²) in [5, 5.41) is 0.722. The highest BCUT2D eigenvalue weighted by atomic mass is 35.5. The molecule has 3 aromatic rings. The summed E-state index contributed by atoms with van der Waals surface area (Å²) in [5.74, 6) is 1.73. The summed E-state index contributed by atoms with van der Waals surface area (Å²) < 4.78 is 5.98. The molecule has 7 heteroatoms. The van der Waals surface area contributed by atoms with Crippen LogP contribution in [0.15, 0.2) is 46.6 Å². The van der Waals surface area contributed by atoms with Gasteiger partial charge in [-0.2, -0.15) is 0 Å². The van der Waals surface area contributed by atoms with E-state index in [1.165, 1.54) is 11.3 Å². The Balaban J connectivity index is 1.43. The van der Waals surface area contributed by atoms with E-state index in [0.29, 0.717) is 17.8 Å². The van der Waals surface area contributed by atoms with Crippen molar-refractivity contribution in [3.63, 3.8) is 0 Å². The molecule has 0 spiro atoms. The van der Waals surface area contributed by atoms with Crippen LogP contribution in [-0.4, -0.2) is 33.9 Å². The Morgan fingerprint density at radius 1 is 1.31 bits per heavy atom. The number of benzene rings is 1. The first-order valence-electron chi connectivity index (χ1n) is 8.56. The van der Waals surface area contributed by atoms with Crippen molar-refractivity contribution in [3.05, 3.63) is 69.3 Å². The van der Waals surface area contributed by atoms with Crippen LogP contribution in [0.3, 0.4) is 0 Å². The van der Waals surface area contributed by atoms with Crippen LogP contribution in [0.1, 0.15) is 45.6 Å². The van der Waals surface area contributed by atoms with E-state index >= 15 is 0 Å². The SMILES string of the molecule is O=C(c1cncs1)N1CCC[C@@H](c2ncc(Cc3ccc(Cl)cc3)o2)C1. The number of oxazole rings is 1. The van der Waals surface area contributed by atoms with Gasteiger partial charge in [-0.15, -0.1) is 11.3 Å². The summed E-state index contributed by atoms with van der Waals surface area (Å²) in [6, 6.07) is 7.72. The average Bonchev–Trinajstić information content (AvgIpc) is 3.35. The van der Waals surface area contributed by atoms with Crippen molar-refractivity contribution in [3.8, 4) is 0 Å². The van der Waals surface area contributed by atoms with Gasteiger partial charge in [-0.1, -0.05) is 23.7 Å². The highest BCUT2D eigenvalue weighted by Crippen LogP contribution is 2.28. The molecule has 134 valence electrons. The molecule has 0 saturated carbocycles. The second-order valence-corrected chi connectivity index (χ2v) is 7.75. The Hall–Kier alpha value is -2.18. The van der Waals surface area contributed by atoms with Gasteiger partial charge < -0.3 is 9.32 Å². The number of amides is 1. The first kappa shape index (κ1) is 17.2. The largest absolute Gasteiger partial charge is 0.445 e. The minimum absolute atomic E-state index is 0.0464. The van der Waals surface area contributed by atoms with Crippen LogP contribution in [0.4, 0.5) is 0 Å². The van der Waals surface area contributed by atoms with E-state index in [4.69, 9.17) is 16.0 Å². The fourth-order valence-corrected chi connectivity index (χ4v) is 3.95. The van der Waals surface area contributed by atoms with E-state index in [1.807, 2.05) is 29.2 Å². The molecule has 0 unspecified atom stereocenters. The Kier molecular flexibility index (Phi) is 5.04. The number of nitrogens with zero attached hydrogens (tertiary/aromatic N) is 3. The second-order valence-electron chi connectivity index (χ2n) is 6.42. The van der Waals surface area contributed by atoms with Gasteiger partial charge in [-0.3, -0.25) is 9.78 Å². The minimum atomic E-state index is 0.0464. The van der Waals surface area contributed by atoms with Crippen LogP contribution in [0.25, 0.3) is 0 Å². The van der Waals surface area contributed by atoms with E-state index in [9.17, 15) is 4.79 Å². The van der Waals surface area contributed by atoms with Gasteiger partial charge in [0.15, 0.2) is 5.89 Å². The van der Waals surface area contributed by atoms with Crippen LogP contribution in [0.5, 0.6) is 0 Å². The molecule has 1 aliphatic heterocycles. The second kappa shape index (κ2) is 7.60. The van der Waals surface area contributed by atoms with Crippen molar-refractivity contribution in [1.82, 2.24) is 14.9 Å². The number of carbonyl (C=O) groups excluding carboxylic acids is 1. The first-order valence-corrected chi connectivity index (χ1v) is 9.81. The molecule has 1 aliphatic rings. The molecule has 0 aliphatic carbocycles. The first-order chi connectivity index (χ1) is 12.7. The Morgan fingerprint density at radius 3 is 2.92 bits per heavy atom. The third kappa shape index (κ3) is 3.81. The lowest BCUT2D eigenvalue weighted by molar-refractivity contribution is 0.0702. The molecule has 5 nitrogen and oxygen atoms in total. The molecule has 0 N–H and O–H groups in total. The van der Waals surface area contributed by atoms with Crippen LogP contribution in [0.2, 0.25) is 5.02 Å². The molecule has 1 aromatic carbocycles. The van der Waals surface area contributed by atoms with E-state index in [0.717, 1.165) is 41.6 Å². The molecule has 26 heavy (non-hydrogen) atoms. The lowest BCUT2D eigenvalue weighted by atomic mass is 9.98. The number of likely N-dealkylation sites (tertiary alicyclic amines) is 1. The van der Waals surface area contributed by atoms with E-state index < -0.39 is 0 Å². The normalized spacial score (nSPS) is 17.4. The molecule has 1 fully saturated rings. The predicted molar refractivity (Wildman–Crippen MR) is 101 cm³/mol. The van der Waals surface area contributed by atoms with Gasteiger partial charge in [-0.25, -0.2) is 4.98 Å². The highest BCUT2D eigenvalue weighted by molar-refractivity contribution is 7.11. The molecule has 2 aromatic heterocycles. The van der Waals surface area contributed by atoms with Gasteiger partial charge in [0.2, 0.25) is 0 Å². The van der Waals surface area contributed by atoms with Gasteiger partial charge >= 0.3 is 0 Å². The molecular formula is C19H18ClN3O2S. The lowest BCUT2D eigenvalue weighted by Crippen LogP contribution is -2.38. The van der Waals surface area contributed by atoms with Crippen LogP contribution < -0.4 is 0 Å². The van der Waals surface area contributed by atoms with Crippen molar-refractivity contribution in [2.45, 2.75) is 25.2 Å². The monoisotopic (exact) mass is 387 g/mol. The standard InChI is InChI=1S/C19H18ClN3O2S/c20-15-5-3-13(4-6-15)8-16-9-22-18(25-16)14-2-1-7-23(11-14)19(24)17-10-21-12-26-17/h3-6,9-10,12,14H,1-2,7-8,11H2/t14-/m1/s1. The summed E-state index contributed by atoms with van der Waals surface area (Å²) in [4.78, 5) is 23.6. The lowest BCUT2D eigenvalue weighted by Gasteiger charge is -2.30. The van der Waals surface area contributed by atoms with Crippen molar-refractivity contribution < 1.29 is 9.21 Å². The number of halogens is 1. The predicted octanol–water partition coefficient (Wildman–Crippen LogP) is 4.40. The number of piperidine rings is 1. The topological polar surface area (TPSA) is 59.2 Å². The molecule has 1 amide bonds. The molecule has 3 heterocycles. The van der Waals surface area contributed by atoms with Crippen molar-refractivity contribution in [2.24, 2.45) is 0 Å². The Bertz CT molecular complexity index is 877. The van der Waals surface area contributed by atoms with Crippen LogP contribution >= 0.6 is 22.9 Å². The third-order valence-electron chi connectivity index (χ3n) is 4.56. The Morgan fingerprint density at radius 2 is 2.15 bits per heavy atom. The summed E-state index contributed by atoms with van der Waals surface area (Å²) in [5.41, 5.74) is 2.81. The maximum Gasteiger partial charge on any atom is 0.265 e. The van der Waals surface area contributed by atoms with Crippen molar-refractivity contribution in [1.29, 1.82) is 0 Å². The number of carbonyl (C=O) groups is 1. The molecule has 0 radical (unpaired) electrons. The minimum Gasteiger partial charge on any atom is -0.445 e. The average molecular weight is 388 g/mol. The smallest absolute Gasteiger partial charge is 0.265 e. The summed E-state index contributed by atoms with van der Waals surface area (Å²) in [6.45, 7) is 1.41. The van der Waals surface area contributed by atoms with Crippen LogP contribution in [0, 0.1) is 0 Å². The quantitative estimate of drug-likeness (QED) is 0.665. The van der Waals surface area contributed by atoms with Gasteiger partial charge in [-0.05, 0) is 30.5 Å². The summed E-state index contributed by atoms with van der Waals surface area (Å²) in [6.07, 6.45) is 6.03. The Labute approximate surface area is 160 Å². The number of aromatic nitrogens is 2. The molecule has 4 rings (SSSR count). The van der Waals surface area contributed by atoms with Crippen LogP contribution in [-0.2, 0) is 6.42 Å². The van der Waals surface area contributed by atoms with Gasteiger partial charge in [0, 0.05) is 24.5 Å². The highest BCUT2D eigenvalue weighted by Gasteiger charge is 2.28. The number of hydrogen-bond acceptors (Lipinski definition) is 5. The zero-order valence-electron chi connectivity index (χ0n) is 14.1. The van der Waals surface area contributed by atoms with Gasteiger partial charge in [0.05, 0.1) is 23.8 Å². The van der Waals surface area contributed by atoms with E-state index in [1.54, 1.807) is 17.9 Å². The zero-order valence-corrected chi connectivity index (χ0v) is 15.7. The van der Waals surface area contributed by atoms with Gasteiger partial charge in [0.25, 0.3) is 5.91 Å². The third-order valence-corrected chi connectivity index (χ3v) is 5.58. The summed E-state index contributed by atoms with van der Waals surface area (Å²) in [7, 11) is 0. The van der Waals surface area contributed by atoms with Crippen molar-refractivity contribution >= 4 is 28.8 Å². The summed E-state index contributed by atoms with van der Waals surface area (Å²) >= 11 is 7.30. The molecule has 1 atom stereocenters. The van der Waals surface area contributed by atoms with E-state index in [2.05, 4.69) is 9.97 Å². The number of hydrogen-bond donors (Lipinski definition) is 0. The maximum atomic E-state index is 12.5. The molecule has 0 bridgehead atoms. The van der Waals surface area contributed by atoms with Crippen molar-refractivity contribution in [2.75, 3.05) is 13.1 Å². The fourth-order valence-electron chi connectivity index (χ4n) is 3.24. The van der Waals surface area contributed by atoms with E-state index in [-0.39, 0.29) is 11.8 Å². The number of rotatable bonds is 4. The molecule has 1 saturated heterocycles.